The third-order valence-corrected chi connectivity index (χ3v) is 5.25. The number of carbonyl (C=O) groups is 1. The summed E-state index contributed by atoms with van der Waals surface area (Å²) in [5.41, 5.74) is 1.87. The Morgan fingerprint density at radius 2 is 1.59 bits per heavy atom. The predicted octanol–water partition coefficient (Wildman–Crippen LogP) is -1.31. The number of quaternary nitrogens is 1. The Labute approximate surface area is 178 Å². The molecule has 3 rings (SSSR count). The second kappa shape index (κ2) is 10.9. The molecule has 0 unspecified atom stereocenters. The van der Waals surface area contributed by atoms with Crippen molar-refractivity contribution in [2.24, 2.45) is 0 Å². The molecule has 2 N–H and O–H groups in total. The standard InChI is InChI=1S/C22H28N2O4.ClH/c1-26-19-13-17(14-20(27-2)21(19)28-3)22(25)23-18-9-11-24(12-10-18)15-16-7-5-4-6-8-16;/h4-8,13-14,18H,9-12,15H2,1-3H3,(H,23,25);1H. The van der Waals surface area contributed by atoms with Gasteiger partial charge in [0.15, 0.2) is 11.5 Å². The number of halogens is 1. The Bertz CT molecular complexity index is 768. The van der Waals surface area contributed by atoms with Crippen LogP contribution in [0.1, 0.15) is 28.8 Å². The number of likely N-dealkylation sites (tertiary alicyclic amines) is 1. The maximum atomic E-state index is 12.8. The first-order valence-corrected chi connectivity index (χ1v) is 9.63. The van der Waals surface area contributed by atoms with Crippen molar-refractivity contribution >= 4 is 5.91 Å². The van der Waals surface area contributed by atoms with E-state index in [9.17, 15) is 4.79 Å². The molecule has 158 valence electrons. The van der Waals surface area contributed by atoms with E-state index in [0.717, 1.165) is 32.5 Å². The molecule has 6 nitrogen and oxygen atoms in total. The van der Waals surface area contributed by atoms with Gasteiger partial charge in [0, 0.05) is 30.0 Å². The topological polar surface area (TPSA) is 61.2 Å². The van der Waals surface area contributed by atoms with Gasteiger partial charge < -0.3 is 36.8 Å². The van der Waals surface area contributed by atoms with Gasteiger partial charge in [0.1, 0.15) is 6.54 Å². The molecule has 7 heteroatoms. The van der Waals surface area contributed by atoms with Gasteiger partial charge in [-0.05, 0) is 12.1 Å². The average molecular weight is 421 g/mol. The zero-order valence-corrected chi connectivity index (χ0v) is 17.9. The smallest absolute Gasteiger partial charge is 0.251 e. The van der Waals surface area contributed by atoms with Crippen LogP contribution in [0.25, 0.3) is 0 Å². The summed E-state index contributed by atoms with van der Waals surface area (Å²) >= 11 is 0. The summed E-state index contributed by atoms with van der Waals surface area (Å²) < 4.78 is 16.0. The van der Waals surface area contributed by atoms with Crippen molar-refractivity contribution in [1.29, 1.82) is 0 Å². The first-order chi connectivity index (χ1) is 13.6. The molecule has 2 aromatic rings. The van der Waals surface area contributed by atoms with E-state index in [-0.39, 0.29) is 24.4 Å². The Hall–Kier alpha value is -2.44. The van der Waals surface area contributed by atoms with E-state index in [1.807, 2.05) is 6.07 Å². The molecular weight excluding hydrogens is 392 g/mol. The lowest BCUT2D eigenvalue weighted by Gasteiger charge is -2.30. The number of nitrogens with one attached hydrogen (secondary N) is 2. The summed E-state index contributed by atoms with van der Waals surface area (Å²) in [5, 5.41) is 3.16. The van der Waals surface area contributed by atoms with Crippen LogP contribution in [0, 0.1) is 0 Å². The van der Waals surface area contributed by atoms with Gasteiger partial charge in [-0.25, -0.2) is 0 Å². The molecule has 0 aliphatic carbocycles. The molecule has 0 bridgehead atoms. The Kier molecular flexibility index (Phi) is 8.61. The number of rotatable bonds is 7. The minimum Gasteiger partial charge on any atom is -1.00 e. The summed E-state index contributed by atoms with van der Waals surface area (Å²) in [5.74, 6) is 1.33. The maximum Gasteiger partial charge on any atom is 0.251 e. The molecule has 1 aliphatic rings. The molecule has 0 spiro atoms. The second-order valence-corrected chi connectivity index (χ2v) is 7.07. The third kappa shape index (κ3) is 5.78. The van der Waals surface area contributed by atoms with Crippen LogP contribution in [0.4, 0.5) is 0 Å². The number of carbonyl (C=O) groups excluding carboxylic acids is 1. The molecule has 1 amide bonds. The molecule has 1 fully saturated rings. The van der Waals surface area contributed by atoms with Crippen molar-refractivity contribution in [1.82, 2.24) is 5.32 Å². The molecule has 1 heterocycles. The van der Waals surface area contributed by atoms with Crippen LogP contribution in [0.3, 0.4) is 0 Å². The van der Waals surface area contributed by atoms with Crippen LogP contribution < -0.4 is 36.8 Å². The number of ether oxygens (including phenoxy) is 3. The molecular formula is C22H29ClN2O4. The second-order valence-electron chi connectivity index (χ2n) is 7.07. The molecule has 1 aliphatic heterocycles. The normalized spacial score (nSPS) is 18.3. The van der Waals surface area contributed by atoms with E-state index in [1.165, 1.54) is 5.56 Å². The number of piperidine rings is 1. The molecule has 2 aromatic carbocycles. The lowest BCUT2D eigenvalue weighted by Crippen LogP contribution is -3.12. The molecule has 1 saturated heterocycles. The van der Waals surface area contributed by atoms with Gasteiger partial charge in [0.2, 0.25) is 5.75 Å². The van der Waals surface area contributed by atoms with E-state index < -0.39 is 0 Å². The highest BCUT2D eigenvalue weighted by molar-refractivity contribution is 5.95. The molecule has 0 aromatic heterocycles. The van der Waals surface area contributed by atoms with Gasteiger partial charge >= 0.3 is 0 Å². The van der Waals surface area contributed by atoms with Gasteiger partial charge in [-0.15, -0.1) is 0 Å². The minimum absolute atomic E-state index is 0. The van der Waals surface area contributed by atoms with Crippen LogP contribution in [0.5, 0.6) is 17.2 Å². The van der Waals surface area contributed by atoms with Gasteiger partial charge in [-0.1, -0.05) is 30.3 Å². The highest BCUT2D eigenvalue weighted by atomic mass is 35.5. The lowest BCUT2D eigenvalue weighted by molar-refractivity contribution is -0.918. The number of hydrogen-bond donors (Lipinski definition) is 2. The lowest BCUT2D eigenvalue weighted by atomic mass is 10.0. The Morgan fingerprint density at radius 3 is 2.10 bits per heavy atom. The largest absolute Gasteiger partial charge is 1.00 e. The van der Waals surface area contributed by atoms with Crippen LogP contribution in [0.2, 0.25) is 0 Å². The quantitative estimate of drug-likeness (QED) is 0.584. The van der Waals surface area contributed by atoms with Gasteiger partial charge in [0.25, 0.3) is 5.91 Å². The molecule has 29 heavy (non-hydrogen) atoms. The number of amides is 1. The Morgan fingerprint density at radius 1 is 1.00 bits per heavy atom. The van der Waals surface area contributed by atoms with Gasteiger partial charge in [-0.3, -0.25) is 4.79 Å². The third-order valence-electron chi connectivity index (χ3n) is 5.25. The predicted molar refractivity (Wildman–Crippen MR) is 107 cm³/mol. The number of benzene rings is 2. The zero-order valence-electron chi connectivity index (χ0n) is 17.2. The zero-order chi connectivity index (χ0) is 19.9. The van der Waals surface area contributed by atoms with Crippen molar-refractivity contribution in [2.75, 3.05) is 34.4 Å². The molecule has 0 atom stereocenters. The van der Waals surface area contributed by atoms with Gasteiger partial charge in [0.05, 0.1) is 34.4 Å². The van der Waals surface area contributed by atoms with Gasteiger partial charge in [-0.2, -0.15) is 0 Å². The first kappa shape index (κ1) is 22.8. The fourth-order valence-corrected chi connectivity index (χ4v) is 3.71. The van der Waals surface area contributed by atoms with E-state index in [1.54, 1.807) is 38.4 Å². The van der Waals surface area contributed by atoms with Crippen molar-refractivity contribution in [3.05, 3.63) is 53.6 Å². The summed E-state index contributed by atoms with van der Waals surface area (Å²) in [6.07, 6.45) is 1.94. The fraction of sp³-hybridized carbons (Fsp3) is 0.409. The summed E-state index contributed by atoms with van der Waals surface area (Å²) in [7, 11) is 4.64. The molecule has 0 saturated carbocycles. The van der Waals surface area contributed by atoms with E-state index in [0.29, 0.717) is 22.8 Å². The van der Waals surface area contributed by atoms with E-state index in [4.69, 9.17) is 14.2 Å². The fourth-order valence-electron chi connectivity index (χ4n) is 3.71. The van der Waals surface area contributed by atoms with Crippen molar-refractivity contribution in [2.45, 2.75) is 25.4 Å². The van der Waals surface area contributed by atoms with Crippen LogP contribution in [0.15, 0.2) is 42.5 Å². The summed E-state index contributed by atoms with van der Waals surface area (Å²) in [4.78, 5) is 14.3. The van der Waals surface area contributed by atoms with Crippen molar-refractivity contribution in [3.63, 3.8) is 0 Å². The monoisotopic (exact) mass is 420 g/mol. The Balaban J connectivity index is 0.00000300. The van der Waals surface area contributed by atoms with Crippen molar-refractivity contribution < 1.29 is 36.3 Å². The minimum atomic E-state index is -0.115. The summed E-state index contributed by atoms with van der Waals surface area (Å²) in [6.45, 7) is 3.14. The van der Waals surface area contributed by atoms with Crippen molar-refractivity contribution in [3.8, 4) is 17.2 Å². The average Bonchev–Trinajstić information content (AvgIpc) is 2.74. The van der Waals surface area contributed by atoms with E-state index >= 15 is 0 Å². The maximum absolute atomic E-state index is 12.8. The number of methoxy groups -OCH3 is 3. The highest BCUT2D eigenvalue weighted by Crippen LogP contribution is 2.38. The van der Waals surface area contributed by atoms with E-state index in [2.05, 4.69) is 29.6 Å². The summed E-state index contributed by atoms with van der Waals surface area (Å²) in [6, 6.07) is 14.1. The number of hydrogen-bond acceptors (Lipinski definition) is 4. The van der Waals surface area contributed by atoms with Crippen LogP contribution >= 0.6 is 0 Å². The highest BCUT2D eigenvalue weighted by Gasteiger charge is 2.25. The first-order valence-electron chi connectivity index (χ1n) is 9.63. The SMILES string of the molecule is COc1cc(C(=O)NC2CC[NH+](Cc3ccccc3)CC2)cc(OC)c1OC.[Cl-]. The molecule has 0 radical (unpaired) electrons. The van der Waals surface area contributed by atoms with Crippen LogP contribution in [-0.2, 0) is 6.54 Å². The van der Waals surface area contributed by atoms with Crippen LogP contribution in [-0.4, -0.2) is 46.4 Å².